The SMILES string of the molecule is O=C(O)c1ccc(COCc2ccccc2F)cc1. The number of rotatable bonds is 5. The molecule has 19 heavy (non-hydrogen) atoms. The van der Waals surface area contributed by atoms with Gasteiger partial charge < -0.3 is 9.84 Å². The maximum Gasteiger partial charge on any atom is 0.335 e. The number of halogens is 1. The summed E-state index contributed by atoms with van der Waals surface area (Å²) in [6.45, 7) is 0.502. The molecule has 0 saturated carbocycles. The summed E-state index contributed by atoms with van der Waals surface area (Å²) in [5.41, 5.74) is 1.59. The van der Waals surface area contributed by atoms with E-state index in [1.807, 2.05) is 0 Å². The van der Waals surface area contributed by atoms with E-state index >= 15 is 0 Å². The number of carbonyl (C=O) groups is 1. The predicted octanol–water partition coefficient (Wildman–Crippen LogP) is 3.24. The average molecular weight is 260 g/mol. The summed E-state index contributed by atoms with van der Waals surface area (Å²) in [4.78, 5) is 10.7. The Kier molecular flexibility index (Phi) is 4.26. The molecule has 0 bridgehead atoms. The largest absolute Gasteiger partial charge is 0.478 e. The molecule has 0 aliphatic heterocycles. The van der Waals surface area contributed by atoms with Crippen LogP contribution in [0.2, 0.25) is 0 Å². The van der Waals surface area contributed by atoms with E-state index in [-0.39, 0.29) is 18.0 Å². The van der Waals surface area contributed by atoms with Crippen molar-refractivity contribution in [2.45, 2.75) is 13.2 Å². The second-order valence-electron chi connectivity index (χ2n) is 4.09. The van der Waals surface area contributed by atoms with E-state index in [1.54, 1.807) is 30.3 Å². The topological polar surface area (TPSA) is 46.5 Å². The zero-order chi connectivity index (χ0) is 13.7. The highest BCUT2D eigenvalue weighted by atomic mass is 19.1. The Morgan fingerprint density at radius 2 is 1.74 bits per heavy atom. The first kappa shape index (κ1) is 13.2. The van der Waals surface area contributed by atoms with Gasteiger partial charge in [0.1, 0.15) is 5.82 Å². The van der Waals surface area contributed by atoms with Crippen molar-refractivity contribution < 1.29 is 19.0 Å². The summed E-state index contributed by atoms with van der Waals surface area (Å²) >= 11 is 0. The minimum Gasteiger partial charge on any atom is -0.478 e. The molecule has 0 aromatic heterocycles. The Morgan fingerprint density at radius 3 is 2.37 bits per heavy atom. The molecule has 98 valence electrons. The van der Waals surface area contributed by atoms with Crippen LogP contribution in [0.5, 0.6) is 0 Å². The maximum absolute atomic E-state index is 13.3. The zero-order valence-electron chi connectivity index (χ0n) is 10.2. The predicted molar refractivity (Wildman–Crippen MR) is 68.3 cm³/mol. The highest BCUT2D eigenvalue weighted by molar-refractivity contribution is 5.87. The summed E-state index contributed by atoms with van der Waals surface area (Å²) in [5.74, 6) is -1.25. The van der Waals surface area contributed by atoms with Crippen molar-refractivity contribution in [3.05, 3.63) is 71.0 Å². The third-order valence-corrected chi connectivity index (χ3v) is 2.69. The van der Waals surface area contributed by atoms with Gasteiger partial charge in [-0.1, -0.05) is 30.3 Å². The number of hydrogen-bond acceptors (Lipinski definition) is 2. The molecule has 3 nitrogen and oxygen atoms in total. The lowest BCUT2D eigenvalue weighted by atomic mass is 10.1. The van der Waals surface area contributed by atoms with E-state index in [2.05, 4.69) is 0 Å². The van der Waals surface area contributed by atoms with E-state index in [4.69, 9.17) is 9.84 Å². The number of benzene rings is 2. The van der Waals surface area contributed by atoms with Gasteiger partial charge in [0.2, 0.25) is 0 Å². The molecule has 4 heteroatoms. The lowest BCUT2D eigenvalue weighted by Crippen LogP contribution is -1.98. The van der Waals surface area contributed by atoms with Gasteiger partial charge in [0.25, 0.3) is 0 Å². The standard InChI is InChI=1S/C15H13FO3/c16-14-4-2-1-3-13(14)10-19-9-11-5-7-12(8-6-11)15(17)18/h1-8H,9-10H2,(H,17,18). The Morgan fingerprint density at radius 1 is 1.05 bits per heavy atom. The lowest BCUT2D eigenvalue weighted by molar-refractivity contribution is 0.0696. The molecule has 0 spiro atoms. The fraction of sp³-hybridized carbons (Fsp3) is 0.133. The fourth-order valence-electron chi connectivity index (χ4n) is 1.64. The zero-order valence-corrected chi connectivity index (χ0v) is 10.2. The summed E-state index contributed by atoms with van der Waals surface area (Å²) in [5, 5.41) is 8.76. The quantitative estimate of drug-likeness (QED) is 0.897. The van der Waals surface area contributed by atoms with Crippen LogP contribution in [0.4, 0.5) is 4.39 Å². The number of ether oxygens (including phenoxy) is 1. The Balaban J connectivity index is 1.89. The van der Waals surface area contributed by atoms with Crippen molar-refractivity contribution in [3.63, 3.8) is 0 Å². The second kappa shape index (κ2) is 6.11. The highest BCUT2D eigenvalue weighted by Gasteiger charge is 2.03. The van der Waals surface area contributed by atoms with Gasteiger partial charge in [-0.05, 0) is 23.8 Å². The molecule has 0 fully saturated rings. The Hall–Kier alpha value is -2.20. The summed E-state index contributed by atoms with van der Waals surface area (Å²) in [6, 6.07) is 12.8. The number of hydrogen-bond donors (Lipinski definition) is 1. The molecule has 0 aliphatic rings. The normalized spacial score (nSPS) is 10.4. The van der Waals surface area contributed by atoms with E-state index in [9.17, 15) is 9.18 Å². The third kappa shape index (κ3) is 3.63. The van der Waals surface area contributed by atoms with E-state index in [0.29, 0.717) is 12.2 Å². The van der Waals surface area contributed by atoms with Crippen LogP contribution in [0.25, 0.3) is 0 Å². The molecule has 0 saturated heterocycles. The Bertz CT molecular complexity index is 564. The van der Waals surface area contributed by atoms with E-state index in [0.717, 1.165) is 5.56 Å². The first-order valence-electron chi connectivity index (χ1n) is 5.80. The maximum atomic E-state index is 13.3. The van der Waals surface area contributed by atoms with Crippen LogP contribution in [0.1, 0.15) is 21.5 Å². The van der Waals surface area contributed by atoms with Crippen LogP contribution >= 0.6 is 0 Å². The van der Waals surface area contributed by atoms with Gasteiger partial charge in [0, 0.05) is 5.56 Å². The first-order valence-corrected chi connectivity index (χ1v) is 5.80. The molecule has 2 aromatic rings. The molecule has 2 aromatic carbocycles. The molecule has 0 heterocycles. The van der Waals surface area contributed by atoms with Crippen LogP contribution in [0.3, 0.4) is 0 Å². The summed E-state index contributed by atoms with van der Waals surface area (Å²) in [6.07, 6.45) is 0. The van der Waals surface area contributed by atoms with Crippen LogP contribution in [0.15, 0.2) is 48.5 Å². The molecule has 0 amide bonds. The van der Waals surface area contributed by atoms with Crippen molar-refractivity contribution in [1.82, 2.24) is 0 Å². The molecule has 0 radical (unpaired) electrons. The molecule has 0 atom stereocenters. The van der Waals surface area contributed by atoms with Gasteiger partial charge in [-0.2, -0.15) is 0 Å². The van der Waals surface area contributed by atoms with Crippen LogP contribution in [-0.4, -0.2) is 11.1 Å². The number of aromatic carboxylic acids is 1. The van der Waals surface area contributed by atoms with Crippen LogP contribution < -0.4 is 0 Å². The first-order chi connectivity index (χ1) is 9.16. The monoisotopic (exact) mass is 260 g/mol. The summed E-state index contributed by atoms with van der Waals surface area (Å²) < 4.78 is 18.7. The van der Waals surface area contributed by atoms with Gasteiger partial charge in [0.15, 0.2) is 0 Å². The van der Waals surface area contributed by atoms with E-state index in [1.165, 1.54) is 18.2 Å². The summed E-state index contributed by atoms with van der Waals surface area (Å²) in [7, 11) is 0. The van der Waals surface area contributed by atoms with Gasteiger partial charge in [-0.3, -0.25) is 0 Å². The lowest BCUT2D eigenvalue weighted by Gasteiger charge is -2.06. The molecular weight excluding hydrogens is 247 g/mol. The number of carboxylic acids is 1. The molecular formula is C15H13FO3. The third-order valence-electron chi connectivity index (χ3n) is 2.69. The van der Waals surface area contributed by atoms with Gasteiger partial charge in [-0.15, -0.1) is 0 Å². The van der Waals surface area contributed by atoms with E-state index < -0.39 is 5.97 Å². The fourth-order valence-corrected chi connectivity index (χ4v) is 1.64. The van der Waals surface area contributed by atoms with Crippen molar-refractivity contribution in [3.8, 4) is 0 Å². The van der Waals surface area contributed by atoms with Crippen molar-refractivity contribution >= 4 is 5.97 Å². The average Bonchev–Trinajstić information content (AvgIpc) is 2.41. The molecule has 2 rings (SSSR count). The van der Waals surface area contributed by atoms with Gasteiger partial charge in [0.05, 0.1) is 18.8 Å². The van der Waals surface area contributed by atoms with Crippen molar-refractivity contribution in [1.29, 1.82) is 0 Å². The minimum atomic E-state index is -0.959. The van der Waals surface area contributed by atoms with Crippen LogP contribution in [-0.2, 0) is 18.0 Å². The van der Waals surface area contributed by atoms with Crippen molar-refractivity contribution in [2.75, 3.05) is 0 Å². The Labute approximate surface area is 110 Å². The molecule has 0 unspecified atom stereocenters. The number of carboxylic acid groups (broad SMARTS) is 1. The molecule has 1 N–H and O–H groups in total. The molecule has 0 aliphatic carbocycles. The van der Waals surface area contributed by atoms with Gasteiger partial charge >= 0.3 is 5.97 Å². The smallest absolute Gasteiger partial charge is 0.335 e. The second-order valence-corrected chi connectivity index (χ2v) is 4.09. The minimum absolute atomic E-state index is 0.188. The van der Waals surface area contributed by atoms with Crippen molar-refractivity contribution in [2.24, 2.45) is 0 Å². The van der Waals surface area contributed by atoms with Crippen LogP contribution in [0, 0.1) is 5.82 Å². The van der Waals surface area contributed by atoms with Gasteiger partial charge in [-0.25, -0.2) is 9.18 Å². The highest BCUT2D eigenvalue weighted by Crippen LogP contribution is 2.10.